The molecule has 0 fully saturated rings. The summed E-state index contributed by atoms with van der Waals surface area (Å²) in [4.78, 5) is 0. The third-order valence-corrected chi connectivity index (χ3v) is 10.6. The number of hydrogen-bond acceptors (Lipinski definition) is 2. The Morgan fingerprint density at radius 1 is 0.547 bits per heavy atom. The lowest BCUT2D eigenvalue weighted by Crippen LogP contribution is -2.14. The van der Waals surface area contributed by atoms with E-state index in [9.17, 15) is 0 Å². The summed E-state index contributed by atoms with van der Waals surface area (Å²) in [6, 6.07) is 58.3. The van der Waals surface area contributed by atoms with Crippen molar-refractivity contribution in [3.8, 4) is 33.4 Å². The molecule has 1 aliphatic carbocycles. The predicted octanol–water partition coefficient (Wildman–Crippen LogP) is 13.9. The maximum atomic E-state index is 6.06. The first-order valence-electron chi connectivity index (χ1n) is 18.2. The normalized spacial score (nSPS) is 13.6. The summed E-state index contributed by atoms with van der Waals surface area (Å²) in [7, 11) is 0. The summed E-state index contributed by atoms with van der Waals surface area (Å²) in [6.45, 7) is 4.65. The Morgan fingerprint density at radius 3 is 2.06 bits per heavy atom. The van der Waals surface area contributed by atoms with Gasteiger partial charge in [0.05, 0.1) is 0 Å². The second-order valence-electron chi connectivity index (χ2n) is 14.3. The van der Waals surface area contributed by atoms with Gasteiger partial charge in [-0.2, -0.15) is 0 Å². The molecule has 0 aliphatic heterocycles. The fourth-order valence-electron chi connectivity index (χ4n) is 7.71. The van der Waals surface area contributed by atoms with Crippen LogP contribution >= 0.6 is 0 Å². The van der Waals surface area contributed by atoms with Crippen LogP contribution in [0.4, 0.5) is 5.69 Å². The van der Waals surface area contributed by atoms with Gasteiger partial charge in [0.15, 0.2) is 0 Å². The average molecular weight is 682 g/mol. The van der Waals surface area contributed by atoms with Crippen LogP contribution in [0, 0.1) is 0 Å². The van der Waals surface area contributed by atoms with Gasteiger partial charge in [-0.3, -0.25) is 0 Å². The Kier molecular flexibility index (Phi) is 8.21. The molecule has 0 spiro atoms. The number of rotatable bonds is 8. The number of para-hydroxylation sites is 1. The first kappa shape index (κ1) is 32.3. The van der Waals surface area contributed by atoms with Gasteiger partial charge in [0.1, 0.15) is 11.2 Å². The second-order valence-corrected chi connectivity index (χ2v) is 14.3. The minimum absolute atomic E-state index is 0.0267. The molecule has 0 atom stereocenters. The average Bonchev–Trinajstić information content (AvgIpc) is 3.69. The molecular weight excluding hydrogens is 643 g/mol. The Bertz CT molecular complexity index is 2690. The molecule has 0 radical (unpaired) electrons. The molecule has 8 aromatic rings. The largest absolute Gasteiger partial charge is 0.456 e. The molecule has 0 bridgehead atoms. The van der Waals surface area contributed by atoms with Gasteiger partial charge in [0.25, 0.3) is 0 Å². The second kappa shape index (κ2) is 13.5. The van der Waals surface area contributed by atoms with E-state index in [-0.39, 0.29) is 5.41 Å². The number of benzene rings is 7. The van der Waals surface area contributed by atoms with Crippen LogP contribution in [0.3, 0.4) is 0 Å². The fraction of sp³-hybridized carbons (Fsp3) is 0.0588. The van der Waals surface area contributed by atoms with E-state index in [1.165, 1.54) is 50.1 Å². The summed E-state index contributed by atoms with van der Waals surface area (Å²) >= 11 is 0. The van der Waals surface area contributed by atoms with Crippen molar-refractivity contribution in [1.82, 2.24) is 0 Å². The van der Waals surface area contributed by atoms with Gasteiger partial charge in [0, 0.05) is 28.1 Å². The van der Waals surface area contributed by atoms with Crippen molar-refractivity contribution in [3.63, 3.8) is 0 Å². The summed E-state index contributed by atoms with van der Waals surface area (Å²) in [5.74, 6) is 0. The summed E-state index contributed by atoms with van der Waals surface area (Å²) in [6.07, 6.45) is 10.7. The van der Waals surface area contributed by atoms with Crippen molar-refractivity contribution >= 4 is 39.3 Å². The van der Waals surface area contributed by atoms with Crippen molar-refractivity contribution in [2.24, 2.45) is 0 Å². The summed E-state index contributed by atoms with van der Waals surface area (Å²) in [5.41, 5.74) is 16.5. The lowest BCUT2D eigenvalue weighted by Gasteiger charge is -2.21. The van der Waals surface area contributed by atoms with E-state index >= 15 is 0 Å². The Balaban J connectivity index is 1.00. The highest BCUT2D eigenvalue weighted by Crippen LogP contribution is 2.49. The molecule has 0 saturated heterocycles. The van der Waals surface area contributed by atoms with Gasteiger partial charge in [0.2, 0.25) is 0 Å². The zero-order valence-electron chi connectivity index (χ0n) is 29.9. The molecule has 254 valence electrons. The Labute approximate surface area is 311 Å². The molecule has 7 aromatic carbocycles. The van der Waals surface area contributed by atoms with Gasteiger partial charge in [-0.1, -0.05) is 159 Å². The Hall–Kier alpha value is -6.64. The van der Waals surface area contributed by atoms with Crippen LogP contribution in [0.2, 0.25) is 0 Å². The van der Waals surface area contributed by atoms with Crippen LogP contribution < -0.4 is 5.32 Å². The number of fused-ring (bicyclic) bond motifs is 6. The molecular formula is C51H39NO. The minimum atomic E-state index is -0.0267. The molecule has 1 heterocycles. The van der Waals surface area contributed by atoms with E-state index in [1.54, 1.807) is 0 Å². The van der Waals surface area contributed by atoms with Crippen LogP contribution in [0.25, 0.3) is 67.0 Å². The highest BCUT2D eigenvalue weighted by atomic mass is 16.3. The van der Waals surface area contributed by atoms with Gasteiger partial charge in [-0.25, -0.2) is 0 Å². The molecule has 0 saturated carbocycles. The lowest BCUT2D eigenvalue weighted by molar-refractivity contribution is 0.660. The van der Waals surface area contributed by atoms with E-state index in [4.69, 9.17) is 4.42 Å². The molecule has 53 heavy (non-hydrogen) atoms. The van der Waals surface area contributed by atoms with Crippen molar-refractivity contribution in [2.45, 2.75) is 19.3 Å². The van der Waals surface area contributed by atoms with Crippen molar-refractivity contribution in [1.29, 1.82) is 0 Å². The molecule has 2 nitrogen and oxygen atoms in total. The van der Waals surface area contributed by atoms with Gasteiger partial charge >= 0.3 is 0 Å². The van der Waals surface area contributed by atoms with Crippen molar-refractivity contribution in [3.05, 3.63) is 210 Å². The monoisotopic (exact) mass is 681 g/mol. The van der Waals surface area contributed by atoms with Crippen LogP contribution in [-0.4, -0.2) is 0 Å². The third kappa shape index (κ3) is 6.19. The molecule has 9 rings (SSSR count). The van der Waals surface area contributed by atoms with Crippen LogP contribution in [-0.2, 0) is 5.41 Å². The van der Waals surface area contributed by atoms with Gasteiger partial charge in [-0.05, 0) is 104 Å². The summed E-state index contributed by atoms with van der Waals surface area (Å²) in [5, 5.41) is 5.74. The quantitative estimate of drug-likeness (QED) is 0.162. The fourth-order valence-corrected chi connectivity index (χ4v) is 7.71. The highest BCUT2D eigenvalue weighted by molar-refractivity contribution is 6.06. The third-order valence-electron chi connectivity index (χ3n) is 10.6. The molecule has 1 aliphatic rings. The van der Waals surface area contributed by atoms with Crippen LogP contribution in [0.15, 0.2) is 193 Å². The molecule has 2 heteroatoms. The zero-order valence-corrected chi connectivity index (χ0v) is 29.9. The number of anilines is 1. The lowest BCUT2D eigenvalue weighted by atomic mass is 9.82. The first-order valence-corrected chi connectivity index (χ1v) is 18.2. The molecule has 0 amide bonds. The van der Waals surface area contributed by atoms with E-state index in [0.717, 1.165) is 38.8 Å². The smallest absolute Gasteiger partial charge is 0.135 e. The topological polar surface area (TPSA) is 25.2 Å². The van der Waals surface area contributed by atoms with E-state index in [1.807, 2.05) is 24.4 Å². The molecule has 0 unspecified atom stereocenters. The van der Waals surface area contributed by atoms with E-state index in [2.05, 4.69) is 189 Å². The molecule has 1 aromatic heterocycles. The molecule has 1 N–H and O–H groups in total. The maximum absolute atomic E-state index is 6.06. The first-order chi connectivity index (χ1) is 26.0. The SMILES string of the molecule is CC1(C)c2ccccc2-c2cc(C(/C=C\c3ccc(-c4ccc5oc6ccccc6c5c4)cc3)=C/C=C/Nc3ccc(-c4ccccc4)cc3)ccc21. The number of allylic oxidation sites excluding steroid dienone is 4. The van der Waals surface area contributed by atoms with Crippen molar-refractivity contribution < 1.29 is 4.42 Å². The van der Waals surface area contributed by atoms with Crippen LogP contribution in [0.5, 0.6) is 0 Å². The van der Waals surface area contributed by atoms with Gasteiger partial charge in [-0.15, -0.1) is 0 Å². The predicted molar refractivity (Wildman–Crippen MR) is 225 cm³/mol. The van der Waals surface area contributed by atoms with Gasteiger partial charge < -0.3 is 9.73 Å². The van der Waals surface area contributed by atoms with E-state index in [0.29, 0.717) is 0 Å². The number of hydrogen-bond donors (Lipinski definition) is 1. The number of furan rings is 1. The van der Waals surface area contributed by atoms with Crippen molar-refractivity contribution in [2.75, 3.05) is 5.32 Å². The Morgan fingerprint density at radius 2 is 1.21 bits per heavy atom. The van der Waals surface area contributed by atoms with E-state index < -0.39 is 0 Å². The number of nitrogens with one attached hydrogen (secondary N) is 1. The zero-order chi connectivity index (χ0) is 35.8. The van der Waals surface area contributed by atoms with Crippen LogP contribution in [0.1, 0.15) is 36.1 Å². The maximum Gasteiger partial charge on any atom is 0.135 e. The standard InChI is InChI=1S/C51H39NO/c1-51(2)47-16-8-6-14-43(47)45-33-40(26-30-48(45)51)37(13-10-32-52-42-28-24-38(25-29-42)36-11-4-3-5-12-36)21-18-35-19-22-39(23-20-35)41-27-31-50-46(34-41)44-15-7-9-17-49(44)53-50/h3-34,52H,1-2H3/b21-18-,32-10+,37-13+. The highest BCUT2D eigenvalue weighted by Gasteiger charge is 2.35. The summed E-state index contributed by atoms with van der Waals surface area (Å²) < 4.78 is 6.06. The minimum Gasteiger partial charge on any atom is -0.456 e.